The number of hydrogen-bond acceptors (Lipinski definition) is 3. The molecule has 3 rings (SSSR count). The molecule has 0 spiro atoms. The van der Waals surface area contributed by atoms with Gasteiger partial charge in [-0.25, -0.2) is 0 Å². The minimum absolute atomic E-state index is 0.0875. The summed E-state index contributed by atoms with van der Waals surface area (Å²) in [6.45, 7) is 1.96. The van der Waals surface area contributed by atoms with Crippen molar-refractivity contribution in [1.29, 1.82) is 0 Å². The molecule has 2 atom stereocenters. The maximum absolute atomic E-state index is 11.0. The predicted molar refractivity (Wildman–Crippen MR) is 73.5 cm³/mol. The molecule has 100 valence electrons. The number of fused-ring (bicyclic) bond motifs is 1. The number of rotatable bonds is 2. The number of aromatic nitrogens is 2. The molecule has 0 aliphatic heterocycles. The SMILES string of the molecule is Cc1cc(CC2(O)CC(N)c3ccccc32)n(C)n1. The van der Waals surface area contributed by atoms with Gasteiger partial charge in [0, 0.05) is 25.2 Å². The highest BCUT2D eigenvalue weighted by atomic mass is 16.3. The number of aryl methyl sites for hydroxylation is 2. The topological polar surface area (TPSA) is 64.1 Å². The van der Waals surface area contributed by atoms with Gasteiger partial charge >= 0.3 is 0 Å². The van der Waals surface area contributed by atoms with Crippen LogP contribution in [0.25, 0.3) is 0 Å². The molecule has 0 bridgehead atoms. The fourth-order valence-electron chi connectivity index (χ4n) is 3.12. The second-order valence-corrected chi connectivity index (χ2v) is 5.51. The van der Waals surface area contributed by atoms with Crippen molar-refractivity contribution in [1.82, 2.24) is 9.78 Å². The fourth-order valence-corrected chi connectivity index (χ4v) is 3.12. The van der Waals surface area contributed by atoms with Crippen molar-refractivity contribution in [3.8, 4) is 0 Å². The summed E-state index contributed by atoms with van der Waals surface area (Å²) < 4.78 is 1.83. The molecule has 0 amide bonds. The standard InChI is InChI=1S/C15H19N3O/c1-10-7-11(18(2)17-10)8-15(19)9-14(16)12-5-3-4-6-13(12)15/h3-7,14,19H,8-9,16H2,1-2H3. The average Bonchev–Trinajstić information content (AvgIpc) is 2.79. The Kier molecular flexibility index (Phi) is 2.73. The van der Waals surface area contributed by atoms with Gasteiger partial charge in [-0.15, -0.1) is 0 Å². The lowest BCUT2D eigenvalue weighted by molar-refractivity contribution is 0.0323. The molecule has 0 fully saturated rings. The molecule has 1 aromatic carbocycles. The van der Waals surface area contributed by atoms with Gasteiger partial charge in [-0.1, -0.05) is 24.3 Å². The normalized spacial score (nSPS) is 25.6. The van der Waals surface area contributed by atoms with Crippen LogP contribution in [0.15, 0.2) is 30.3 Å². The van der Waals surface area contributed by atoms with Crippen molar-refractivity contribution in [2.75, 3.05) is 0 Å². The first-order valence-electron chi connectivity index (χ1n) is 6.56. The van der Waals surface area contributed by atoms with E-state index in [0.717, 1.165) is 22.5 Å². The fraction of sp³-hybridized carbons (Fsp3) is 0.400. The van der Waals surface area contributed by atoms with Gasteiger partial charge in [0.1, 0.15) is 0 Å². The number of benzene rings is 1. The Labute approximate surface area is 112 Å². The largest absolute Gasteiger partial charge is 0.385 e. The Morgan fingerprint density at radius 1 is 1.47 bits per heavy atom. The first-order valence-corrected chi connectivity index (χ1v) is 6.56. The van der Waals surface area contributed by atoms with E-state index in [-0.39, 0.29) is 6.04 Å². The lowest BCUT2D eigenvalue weighted by Gasteiger charge is -2.24. The van der Waals surface area contributed by atoms with Gasteiger partial charge in [0.05, 0.1) is 11.3 Å². The smallest absolute Gasteiger partial charge is 0.0972 e. The number of aliphatic hydroxyl groups is 1. The third-order valence-electron chi connectivity index (χ3n) is 3.99. The van der Waals surface area contributed by atoms with Crippen molar-refractivity contribution in [2.45, 2.75) is 31.4 Å². The van der Waals surface area contributed by atoms with Gasteiger partial charge in [0.2, 0.25) is 0 Å². The van der Waals surface area contributed by atoms with Crippen LogP contribution in [0.1, 0.15) is 35.0 Å². The predicted octanol–water partition coefficient (Wildman–Crippen LogP) is 1.56. The summed E-state index contributed by atoms with van der Waals surface area (Å²) in [7, 11) is 1.91. The van der Waals surface area contributed by atoms with E-state index < -0.39 is 5.60 Å². The van der Waals surface area contributed by atoms with E-state index in [4.69, 9.17) is 5.73 Å². The Bertz CT molecular complexity index is 620. The zero-order valence-electron chi connectivity index (χ0n) is 11.3. The second-order valence-electron chi connectivity index (χ2n) is 5.51. The Morgan fingerprint density at radius 2 is 2.21 bits per heavy atom. The molecular formula is C15H19N3O. The lowest BCUT2D eigenvalue weighted by Crippen LogP contribution is -2.27. The Morgan fingerprint density at radius 3 is 2.89 bits per heavy atom. The molecule has 3 N–H and O–H groups in total. The first kappa shape index (κ1) is 12.4. The van der Waals surface area contributed by atoms with Crippen LogP contribution in [-0.2, 0) is 19.1 Å². The quantitative estimate of drug-likeness (QED) is 0.858. The first-order chi connectivity index (χ1) is 8.99. The molecule has 1 aromatic heterocycles. The van der Waals surface area contributed by atoms with Crippen LogP contribution in [0.5, 0.6) is 0 Å². The third kappa shape index (κ3) is 1.97. The zero-order valence-corrected chi connectivity index (χ0v) is 11.3. The van der Waals surface area contributed by atoms with E-state index in [1.807, 2.05) is 49.0 Å². The third-order valence-corrected chi connectivity index (χ3v) is 3.99. The molecular weight excluding hydrogens is 238 g/mol. The minimum Gasteiger partial charge on any atom is -0.385 e. The monoisotopic (exact) mass is 257 g/mol. The van der Waals surface area contributed by atoms with Crippen LogP contribution in [0.4, 0.5) is 0 Å². The van der Waals surface area contributed by atoms with E-state index in [0.29, 0.717) is 12.8 Å². The highest BCUT2D eigenvalue weighted by molar-refractivity contribution is 5.40. The second kappa shape index (κ2) is 4.18. The van der Waals surface area contributed by atoms with Crippen LogP contribution in [0.2, 0.25) is 0 Å². The van der Waals surface area contributed by atoms with Crippen LogP contribution in [0, 0.1) is 6.92 Å². The van der Waals surface area contributed by atoms with Crippen LogP contribution in [-0.4, -0.2) is 14.9 Å². The van der Waals surface area contributed by atoms with E-state index >= 15 is 0 Å². The molecule has 0 radical (unpaired) electrons. The molecule has 2 aromatic rings. The van der Waals surface area contributed by atoms with E-state index in [1.165, 1.54) is 0 Å². The summed E-state index contributed by atoms with van der Waals surface area (Å²) in [5.41, 5.74) is 9.28. The molecule has 1 heterocycles. The zero-order chi connectivity index (χ0) is 13.6. The molecule has 4 nitrogen and oxygen atoms in total. The van der Waals surface area contributed by atoms with Crippen LogP contribution >= 0.6 is 0 Å². The Hall–Kier alpha value is -1.65. The van der Waals surface area contributed by atoms with Crippen molar-refractivity contribution in [3.63, 3.8) is 0 Å². The van der Waals surface area contributed by atoms with Gasteiger partial charge in [0.25, 0.3) is 0 Å². The summed E-state index contributed by atoms with van der Waals surface area (Å²) in [4.78, 5) is 0. The summed E-state index contributed by atoms with van der Waals surface area (Å²) in [5.74, 6) is 0. The summed E-state index contributed by atoms with van der Waals surface area (Å²) in [5, 5.41) is 15.3. The molecule has 19 heavy (non-hydrogen) atoms. The van der Waals surface area contributed by atoms with E-state index in [1.54, 1.807) is 0 Å². The average molecular weight is 257 g/mol. The summed E-state index contributed by atoms with van der Waals surface area (Å²) in [6, 6.07) is 9.84. The van der Waals surface area contributed by atoms with Crippen molar-refractivity contribution < 1.29 is 5.11 Å². The highest BCUT2D eigenvalue weighted by Crippen LogP contribution is 2.43. The van der Waals surface area contributed by atoms with Crippen molar-refractivity contribution >= 4 is 0 Å². The number of hydrogen-bond donors (Lipinski definition) is 2. The number of nitrogens with two attached hydrogens (primary N) is 1. The minimum atomic E-state index is -0.879. The molecule has 0 saturated carbocycles. The van der Waals surface area contributed by atoms with Gasteiger partial charge in [-0.05, 0) is 30.5 Å². The molecule has 0 saturated heterocycles. The highest BCUT2D eigenvalue weighted by Gasteiger charge is 2.41. The maximum atomic E-state index is 11.0. The van der Waals surface area contributed by atoms with E-state index in [2.05, 4.69) is 5.10 Å². The molecule has 4 heteroatoms. The molecule has 1 aliphatic carbocycles. The lowest BCUT2D eigenvalue weighted by atomic mass is 9.90. The maximum Gasteiger partial charge on any atom is 0.0972 e. The van der Waals surface area contributed by atoms with Crippen molar-refractivity contribution in [3.05, 3.63) is 52.8 Å². The molecule has 1 aliphatic rings. The van der Waals surface area contributed by atoms with Gasteiger partial charge in [-0.2, -0.15) is 5.10 Å². The van der Waals surface area contributed by atoms with Crippen molar-refractivity contribution in [2.24, 2.45) is 12.8 Å². The molecule has 2 unspecified atom stereocenters. The Balaban J connectivity index is 1.99. The van der Waals surface area contributed by atoms with Gasteiger partial charge in [0.15, 0.2) is 0 Å². The summed E-state index contributed by atoms with van der Waals surface area (Å²) in [6.07, 6.45) is 1.12. The number of nitrogens with zero attached hydrogens (tertiary/aromatic N) is 2. The van der Waals surface area contributed by atoms with Gasteiger partial charge in [-0.3, -0.25) is 4.68 Å². The van der Waals surface area contributed by atoms with E-state index in [9.17, 15) is 5.11 Å². The van der Waals surface area contributed by atoms with Crippen LogP contribution in [0.3, 0.4) is 0 Å². The van der Waals surface area contributed by atoms with Gasteiger partial charge < -0.3 is 10.8 Å². The van der Waals surface area contributed by atoms with Crippen LogP contribution < -0.4 is 5.73 Å². The summed E-state index contributed by atoms with van der Waals surface area (Å²) >= 11 is 0.